The molecule has 0 aliphatic heterocycles. The van der Waals surface area contributed by atoms with E-state index in [0.29, 0.717) is 16.1 Å². The van der Waals surface area contributed by atoms with Gasteiger partial charge in [-0.15, -0.1) is 11.3 Å². The summed E-state index contributed by atoms with van der Waals surface area (Å²) >= 11 is 2.86. The lowest BCUT2D eigenvalue weighted by molar-refractivity contribution is -0.136. The van der Waals surface area contributed by atoms with Crippen LogP contribution in [0.3, 0.4) is 0 Å². The fraction of sp³-hybridized carbons (Fsp3) is 0.200. The van der Waals surface area contributed by atoms with Gasteiger partial charge < -0.3 is 15.7 Å². The molecule has 0 fully saturated rings. The number of nitrogens with one attached hydrogen (secondary N) is 2. The summed E-state index contributed by atoms with van der Waals surface area (Å²) in [6, 6.07) is 11.0. The molecule has 1 atom stereocenters. The minimum absolute atomic E-state index is 0.0939. The summed E-state index contributed by atoms with van der Waals surface area (Å²) in [5, 5.41) is 21.9. The number of carbonyl (C=O) groups is 2. The Morgan fingerprint density at radius 1 is 1.07 bits per heavy atom. The molecule has 0 spiro atoms. The van der Waals surface area contributed by atoms with Crippen LogP contribution in [0.25, 0.3) is 0 Å². The molecule has 3 N–H and O–H groups in total. The lowest BCUT2D eigenvalue weighted by Gasteiger charge is -2.26. The van der Waals surface area contributed by atoms with Crippen LogP contribution in [0.5, 0.6) is 0 Å². The normalized spacial score (nSPS) is 13.0. The molecule has 0 radical (unpaired) electrons. The van der Waals surface area contributed by atoms with Crippen LogP contribution in [0.2, 0.25) is 0 Å². The van der Waals surface area contributed by atoms with Gasteiger partial charge in [0.25, 0.3) is 0 Å². The average Bonchev–Trinajstić information content (AvgIpc) is 3.31. The maximum atomic E-state index is 12.3. The van der Waals surface area contributed by atoms with Crippen molar-refractivity contribution in [1.29, 1.82) is 0 Å². The van der Waals surface area contributed by atoms with Crippen LogP contribution < -0.4 is 10.6 Å². The number of carbonyl (C=O) groups excluding carboxylic acids is 2. The SMILES string of the molecule is Cc1cc(C)cc(NC(=O)C(=O)NCC(O)(c2ccsc2)c2cccs2)c1. The summed E-state index contributed by atoms with van der Waals surface area (Å²) in [4.78, 5) is 25.2. The third-order valence-corrected chi connectivity index (χ3v) is 5.82. The molecule has 3 rings (SSSR count). The van der Waals surface area contributed by atoms with Crippen LogP contribution in [0.1, 0.15) is 21.6 Å². The first-order valence-electron chi connectivity index (χ1n) is 8.35. The predicted molar refractivity (Wildman–Crippen MR) is 109 cm³/mol. The summed E-state index contributed by atoms with van der Waals surface area (Å²) in [6.45, 7) is 3.75. The highest BCUT2D eigenvalue weighted by molar-refractivity contribution is 7.10. The van der Waals surface area contributed by atoms with Crippen molar-refractivity contribution < 1.29 is 14.7 Å². The molecule has 2 heterocycles. The van der Waals surface area contributed by atoms with Gasteiger partial charge in [0.15, 0.2) is 0 Å². The predicted octanol–water partition coefficient (Wildman–Crippen LogP) is 3.42. The van der Waals surface area contributed by atoms with E-state index >= 15 is 0 Å². The molecule has 5 nitrogen and oxygen atoms in total. The maximum Gasteiger partial charge on any atom is 0.313 e. The Labute approximate surface area is 165 Å². The molecule has 1 aromatic carbocycles. The van der Waals surface area contributed by atoms with Crippen LogP contribution in [0, 0.1) is 13.8 Å². The molecule has 7 heteroatoms. The number of anilines is 1. The largest absolute Gasteiger partial charge is 0.378 e. The van der Waals surface area contributed by atoms with Crippen LogP contribution in [0.15, 0.2) is 52.5 Å². The van der Waals surface area contributed by atoms with E-state index in [1.807, 2.05) is 54.3 Å². The van der Waals surface area contributed by atoms with Crippen LogP contribution in [-0.2, 0) is 15.2 Å². The number of aliphatic hydroxyl groups is 1. The molecule has 0 bridgehead atoms. The molecule has 0 saturated carbocycles. The summed E-state index contributed by atoms with van der Waals surface area (Å²) in [6.07, 6.45) is 0. The van der Waals surface area contributed by atoms with Crippen molar-refractivity contribution in [2.75, 3.05) is 11.9 Å². The fourth-order valence-electron chi connectivity index (χ4n) is 2.87. The second-order valence-electron chi connectivity index (χ2n) is 6.36. The highest BCUT2D eigenvalue weighted by atomic mass is 32.1. The number of rotatable bonds is 5. The fourth-order valence-corrected chi connectivity index (χ4v) is 4.44. The number of hydrogen-bond acceptors (Lipinski definition) is 5. The standard InChI is InChI=1S/C20H20N2O3S2/c1-13-8-14(2)10-16(9-13)22-19(24)18(23)21-12-20(25,15-5-7-26-11-15)17-4-3-6-27-17/h3-11,25H,12H2,1-2H3,(H,21,23)(H,22,24). The first-order valence-corrected chi connectivity index (χ1v) is 10.2. The molecule has 140 valence electrons. The summed E-state index contributed by atoms with van der Waals surface area (Å²) in [5.41, 5.74) is 1.87. The highest BCUT2D eigenvalue weighted by Crippen LogP contribution is 2.33. The summed E-state index contributed by atoms with van der Waals surface area (Å²) < 4.78 is 0. The monoisotopic (exact) mass is 400 g/mol. The van der Waals surface area contributed by atoms with Crippen molar-refractivity contribution in [3.63, 3.8) is 0 Å². The van der Waals surface area contributed by atoms with Crippen molar-refractivity contribution in [3.8, 4) is 0 Å². The zero-order chi connectivity index (χ0) is 19.4. The quantitative estimate of drug-likeness (QED) is 0.574. The van der Waals surface area contributed by atoms with Gasteiger partial charge in [-0.3, -0.25) is 9.59 Å². The van der Waals surface area contributed by atoms with Crippen molar-refractivity contribution >= 4 is 40.2 Å². The van der Waals surface area contributed by atoms with Crippen molar-refractivity contribution in [2.24, 2.45) is 0 Å². The van der Waals surface area contributed by atoms with E-state index in [2.05, 4.69) is 10.6 Å². The molecule has 1 unspecified atom stereocenters. The van der Waals surface area contributed by atoms with Crippen LogP contribution in [0.4, 0.5) is 5.69 Å². The Bertz CT molecular complexity index is 880. The van der Waals surface area contributed by atoms with E-state index in [9.17, 15) is 14.7 Å². The minimum Gasteiger partial charge on any atom is -0.378 e. The molecule has 2 amide bonds. The lowest BCUT2D eigenvalue weighted by Crippen LogP contribution is -2.44. The van der Waals surface area contributed by atoms with Gasteiger partial charge in [-0.2, -0.15) is 11.3 Å². The van der Waals surface area contributed by atoms with Crippen LogP contribution >= 0.6 is 22.7 Å². The van der Waals surface area contributed by atoms with Crippen molar-refractivity contribution in [1.82, 2.24) is 5.32 Å². The van der Waals surface area contributed by atoms with E-state index in [-0.39, 0.29) is 6.54 Å². The molecule has 0 aliphatic carbocycles. The van der Waals surface area contributed by atoms with Gasteiger partial charge in [-0.05, 0) is 65.4 Å². The number of amides is 2. The minimum atomic E-state index is -1.37. The molecule has 27 heavy (non-hydrogen) atoms. The van der Waals surface area contributed by atoms with Crippen molar-refractivity contribution in [3.05, 3.63) is 74.1 Å². The van der Waals surface area contributed by atoms with E-state index in [1.165, 1.54) is 22.7 Å². The molecular formula is C20H20N2O3S2. The highest BCUT2D eigenvalue weighted by Gasteiger charge is 2.34. The number of benzene rings is 1. The average molecular weight is 401 g/mol. The Morgan fingerprint density at radius 2 is 1.81 bits per heavy atom. The summed E-state index contributed by atoms with van der Waals surface area (Å²) in [5.74, 6) is -1.56. The first kappa shape index (κ1) is 19.3. The van der Waals surface area contributed by atoms with Crippen molar-refractivity contribution in [2.45, 2.75) is 19.4 Å². The third kappa shape index (κ3) is 4.44. The van der Waals surface area contributed by atoms with E-state index in [4.69, 9.17) is 0 Å². The Kier molecular flexibility index (Phi) is 5.74. The van der Waals surface area contributed by atoms with Gasteiger partial charge in [0.2, 0.25) is 0 Å². The van der Waals surface area contributed by atoms with Gasteiger partial charge >= 0.3 is 11.8 Å². The zero-order valence-electron chi connectivity index (χ0n) is 15.0. The molecule has 0 aliphatic rings. The van der Waals surface area contributed by atoms with Crippen LogP contribution in [-0.4, -0.2) is 23.5 Å². The number of aryl methyl sites for hydroxylation is 2. The second-order valence-corrected chi connectivity index (χ2v) is 8.09. The van der Waals surface area contributed by atoms with Gasteiger partial charge in [0.05, 0.1) is 6.54 Å². The number of hydrogen-bond donors (Lipinski definition) is 3. The second kappa shape index (κ2) is 8.04. The third-order valence-electron chi connectivity index (χ3n) is 4.12. The first-order chi connectivity index (χ1) is 12.9. The smallest absolute Gasteiger partial charge is 0.313 e. The van der Waals surface area contributed by atoms with E-state index in [1.54, 1.807) is 12.1 Å². The Hall–Kier alpha value is -2.48. The van der Waals surface area contributed by atoms with Gasteiger partial charge in [-0.25, -0.2) is 0 Å². The van der Waals surface area contributed by atoms with Gasteiger partial charge in [-0.1, -0.05) is 12.1 Å². The van der Waals surface area contributed by atoms with Gasteiger partial charge in [0.1, 0.15) is 5.60 Å². The van der Waals surface area contributed by atoms with E-state index < -0.39 is 17.4 Å². The Balaban J connectivity index is 1.70. The number of thiophene rings is 2. The molecule has 0 saturated heterocycles. The molecule has 3 aromatic rings. The molecule has 2 aromatic heterocycles. The maximum absolute atomic E-state index is 12.3. The van der Waals surface area contributed by atoms with Gasteiger partial charge in [0, 0.05) is 16.1 Å². The lowest BCUT2D eigenvalue weighted by atomic mass is 9.94. The topological polar surface area (TPSA) is 78.4 Å². The van der Waals surface area contributed by atoms with E-state index in [0.717, 1.165) is 11.1 Å². The Morgan fingerprint density at radius 3 is 2.41 bits per heavy atom. The summed E-state index contributed by atoms with van der Waals surface area (Å²) in [7, 11) is 0. The zero-order valence-corrected chi connectivity index (χ0v) is 16.6. The molecular weight excluding hydrogens is 380 g/mol.